The Morgan fingerprint density at radius 3 is 1.31 bits per heavy atom. The molecule has 2 rings (SSSR count). The minimum Gasteiger partial charge on any atom is -0.508 e. The van der Waals surface area contributed by atoms with Crippen molar-refractivity contribution in [2.45, 2.75) is 91.9 Å². The number of carboxylic acids is 2. The Morgan fingerprint density at radius 1 is 0.692 bits per heavy atom. The summed E-state index contributed by atoms with van der Waals surface area (Å²) in [6.07, 6.45) is 1.74. The molecule has 0 aliphatic carbocycles. The topological polar surface area (TPSA) is 115 Å². The van der Waals surface area contributed by atoms with Crippen LogP contribution in [-0.2, 0) is 33.3 Å². The lowest BCUT2D eigenvalue weighted by Gasteiger charge is -2.23. The van der Waals surface area contributed by atoms with Gasteiger partial charge >= 0.3 is 11.9 Å². The highest BCUT2D eigenvalue weighted by Crippen LogP contribution is 2.35. The van der Waals surface area contributed by atoms with E-state index in [4.69, 9.17) is 0 Å². The average Bonchev–Trinajstić information content (AvgIpc) is 2.77. The van der Waals surface area contributed by atoms with E-state index in [-0.39, 0.29) is 22.3 Å². The average molecular weight is 559 g/mol. The van der Waals surface area contributed by atoms with Gasteiger partial charge in [-0.1, -0.05) is 53.7 Å². The maximum Gasteiger partial charge on any atom is 0.306 e. The van der Waals surface area contributed by atoms with Crippen LogP contribution in [0.5, 0.6) is 11.5 Å². The molecule has 0 fully saturated rings. The Kier molecular flexibility index (Phi) is 10.9. The summed E-state index contributed by atoms with van der Waals surface area (Å²) in [5.74, 6) is -1.09. The van der Waals surface area contributed by atoms with Gasteiger partial charge in [0.05, 0.1) is 11.8 Å². The van der Waals surface area contributed by atoms with Gasteiger partial charge in [0.1, 0.15) is 11.5 Å². The monoisotopic (exact) mass is 558 g/mol. The maximum atomic E-state index is 12.0. The van der Waals surface area contributed by atoms with Crippen LogP contribution in [0.3, 0.4) is 0 Å². The van der Waals surface area contributed by atoms with E-state index in [0.29, 0.717) is 37.2 Å². The van der Waals surface area contributed by atoms with Gasteiger partial charge in [-0.3, -0.25) is 9.59 Å². The van der Waals surface area contributed by atoms with Gasteiger partial charge in [-0.15, -0.1) is 0 Å². The van der Waals surface area contributed by atoms with Crippen molar-refractivity contribution < 1.29 is 30.0 Å². The van der Waals surface area contributed by atoms with Crippen LogP contribution in [0.2, 0.25) is 0 Å². The third kappa shape index (κ3) is 9.20. The first-order valence-corrected chi connectivity index (χ1v) is 14.8. The maximum absolute atomic E-state index is 12.0. The zero-order valence-corrected chi connectivity index (χ0v) is 25.5. The van der Waals surface area contributed by atoms with E-state index in [1.54, 1.807) is 23.9 Å². The lowest BCUT2D eigenvalue weighted by Crippen LogP contribution is -2.20. The second-order valence-electron chi connectivity index (χ2n) is 12.8. The van der Waals surface area contributed by atoms with E-state index >= 15 is 0 Å². The first-order chi connectivity index (χ1) is 17.9. The van der Waals surface area contributed by atoms with Crippen LogP contribution in [0.15, 0.2) is 24.3 Å². The third-order valence-corrected chi connectivity index (χ3v) is 8.43. The molecule has 2 aromatic carbocycles. The first-order valence-electron chi connectivity index (χ1n) is 13.6. The SMILES string of the molecule is Cc1cc(O)c(C(C)(C)C)cc1CC(CCSCCC(Cc1cc(C(C)(C)C)c(O)cc1C)C(=O)O)C(=O)O. The van der Waals surface area contributed by atoms with Crippen molar-refractivity contribution in [1.82, 2.24) is 0 Å². The molecule has 0 radical (unpaired) electrons. The fourth-order valence-electron chi connectivity index (χ4n) is 4.83. The summed E-state index contributed by atoms with van der Waals surface area (Å²) in [5, 5.41) is 40.5. The molecule has 0 saturated carbocycles. The van der Waals surface area contributed by atoms with Gasteiger partial charge in [0.25, 0.3) is 0 Å². The van der Waals surface area contributed by atoms with Crippen LogP contribution in [0.4, 0.5) is 0 Å². The molecule has 4 N–H and O–H groups in total. The van der Waals surface area contributed by atoms with Crippen molar-refractivity contribution in [2.75, 3.05) is 11.5 Å². The molecule has 0 aliphatic heterocycles. The van der Waals surface area contributed by atoms with Gasteiger partial charge in [0.15, 0.2) is 0 Å². The normalized spacial score (nSPS) is 13.7. The lowest BCUT2D eigenvalue weighted by atomic mass is 9.83. The molecule has 6 nitrogen and oxygen atoms in total. The molecule has 0 spiro atoms. The number of rotatable bonds is 12. The van der Waals surface area contributed by atoms with E-state index in [1.807, 2.05) is 67.5 Å². The summed E-state index contributed by atoms with van der Waals surface area (Å²) in [6.45, 7) is 15.9. The van der Waals surface area contributed by atoms with Crippen molar-refractivity contribution in [1.29, 1.82) is 0 Å². The molecule has 0 aromatic heterocycles. The quantitative estimate of drug-likeness (QED) is 0.207. The molecule has 2 unspecified atom stereocenters. The molecule has 0 amide bonds. The molecule has 2 aromatic rings. The molecule has 0 saturated heterocycles. The second-order valence-corrected chi connectivity index (χ2v) is 14.0. The summed E-state index contributed by atoms with van der Waals surface area (Å²) >= 11 is 1.59. The van der Waals surface area contributed by atoms with Crippen molar-refractivity contribution in [2.24, 2.45) is 11.8 Å². The fourth-order valence-corrected chi connectivity index (χ4v) is 5.93. The Morgan fingerprint density at radius 2 is 1.03 bits per heavy atom. The van der Waals surface area contributed by atoms with Gasteiger partial charge in [-0.05, 0) is 107 Å². The van der Waals surface area contributed by atoms with Crippen LogP contribution in [-0.4, -0.2) is 43.9 Å². The van der Waals surface area contributed by atoms with Gasteiger partial charge in [-0.25, -0.2) is 0 Å². The number of aromatic hydroxyl groups is 2. The highest BCUT2D eigenvalue weighted by molar-refractivity contribution is 7.99. The number of aliphatic carboxylic acids is 2. The molecule has 0 heterocycles. The van der Waals surface area contributed by atoms with E-state index in [9.17, 15) is 30.0 Å². The van der Waals surface area contributed by atoms with E-state index in [0.717, 1.165) is 33.4 Å². The van der Waals surface area contributed by atoms with Crippen LogP contribution >= 0.6 is 11.8 Å². The molecule has 2 atom stereocenters. The van der Waals surface area contributed by atoms with Crippen LogP contribution in [0.25, 0.3) is 0 Å². The van der Waals surface area contributed by atoms with Crippen LogP contribution < -0.4 is 0 Å². The Balaban J connectivity index is 2.00. The van der Waals surface area contributed by atoms with E-state index < -0.39 is 23.8 Å². The number of benzene rings is 2. The Labute approximate surface area is 237 Å². The van der Waals surface area contributed by atoms with Crippen molar-refractivity contribution in [3.05, 3.63) is 57.6 Å². The number of carboxylic acid groups (broad SMARTS) is 2. The van der Waals surface area contributed by atoms with Crippen molar-refractivity contribution >= 4 is 23.7 Å². The summed E-state index contributed by atoms with van der Waals surface area (Å²) in [4.78, 5) is 24.1. The number of carbonyl (C=O) groups is 2. The number of hydrogen-bond acceptors (Lipinski definition) is 5. The fraction of sp³-hybridized carbons (Fsp3) is 0.562. The highest BCUT2D eigenvalue weighted by atomic mass is 32.2. The number of aryl methyl sites for hydroxylation is 2. The minimum atomic E-state index is -0.846. The molecular formula is C32H46O6S. The molecule has 39 heavy (non-hydrogen) atoms. The zero-order valence-electron chi connectivity index (χ0n) is 24.7. The standard InChI is InChI=1S/C32H46O6S/c1-19-13-27(33)25(31(3,4)5)17-23(19)15-21(29(35)36)9-11-39-12-10-22(30(37)38)16-24-18-26(32(6,7)8)28(34)14-20(24)2/h13-14,17-18,21-22,33-34H,9-12,15-16H2,1-8H3,(H,35,36)(H,37,38). The van der Waals surface area contributed by atoms with Crippen LogP contribution in [0, 0.1) is 25.7 Å². The molecule has 216 valence electrons. The lowest BCUT2D eigenvalue weighted by molar-refractivity contribution is -0.142. The van der Waals surface area contributed by atoms with Crippen molar-refractivity contribution in [3.8, 4) is 11.5 Å². The van der Waals surface area contributed by atoms with E-state index in [1.165, 1.54) is 0 Å². The predicted octanol–water partition coefficient (Wildman–Crippen LogP) is 7.01. The molecule has 7 heteroatoms. The largest absolute Gasteiger partial charge is 0.508 e. The summed E-state index contributed by atoms with van der Waals surface area (Å²) < 4.78 is 0. The summed E-state index contributed by atoms with van der Waals surface area (Å²) in [5.41, 5.74) is 4.72. The zero-order chi connectivity index (χ0) is 29.7. The van der Waals surface area contributed by atoms with E-state index in [2.05, 4.69) is 0 Å². The summed E-state index contributed by atoms with van der Waals surface area (Å²) in [6, 6.07) is 7.30. The molecular weight excluding hydrogens is 512 g/mol. The van der Waals surface area contributed by atoms with Gasteiger partial charge in [0.2, 0.25) is 0 Å². The number of thioether (sulfide) groups is 1. The number of phenolic OH excluding ortho intramolecular Hbond substituents is 2. The minimum absolute atomic E-state index is 0.233. The highest BCUT2D eigenvalue weighted by Gasteiger charge is 2.25. The smallest absolute Gasteiger partial charge is 0.306 e. The Hall–Kier alpha value is -2.67. The predicted molar refractivity (Wildman–Crippen MR) is 159 cm³/mol. The first kappa shape index (κ1) is 32.5. The van der Waals surface area contributed by atoms with Gasteiger partial charge < -0.3 is 20.4 Å². The number of hydrogen-bond donors (Lipinski definition) is 4. The van der Waals surface area contributed by atoms with Crippen molar-refractivity contribution in [3.63, 3.8) is 0 Å². The van der Waals surface area contributed by atoms with Gasteiger partial charge in [-0.2, -0.15) is 11.8 Å². The molecule has 0 aliphatic rings. The van der Waals surface area contributed by atoms with Crippen LogP contribution in [0.1, 0.15) is 87.8 Å². The number of phenols is 2. The Bertz CT molecular complexity index is 1080. The summed E-state index contributed by atoms with van der Waals surface area (Å²) in [7, 11) is 0. The molecule has 0 bridgehead atoms. The third-order valence-electron chi connectivity index (χ3n) is 7.38. The second kappa shape index (κ2) is 13.1. The van der Waals surface area contributed by atoms with Gasteiger partial charge in [0, 0.05) is 0 Å².